The molecule has 1 aromatic rings. The predicted octanol–water partition coefficient (Wildman–Crippen LogP) is 3.30. The highest BCUT2D eigenvalue weighted by molar-refractivity contribution is 7.99. The molecule has 2 saturated heterocycles. The first-order chi connectivity index (χ1) is 9.71. The summed E-state index contributed by atoms with van der Waals surface area (Å²) in [4.78, 5) is 0. The molecule has 2 atom stereocenters. The Labute approximate surface area is 123 Å². The zero-order valence-electron chi connectivity index (χ0n) is 11.7. The van der Waals surface area contributed by atoms with E-state index in [2.05, 4.69) is 5.32 Å². The van der Waals surface area contributed by atoms with Crippen LogP contribution in [0.15, 0.2) is 18.2 Å². The highest BCUT2D eigenvalue weighted by Crippen LogP contribution is 2.39. The first-order valence-electron chi connectivity index (χ1n) is 7.03. The Morgan fingerprint density at radius 3 is 3.15 bits per heavy atom. The lowest BCUT2D eigenvalue weighted by Crippen LogP contribution is -2.44. The molecule has 2 aliphatic rings. The molecule has 0 bridgehead atoms. The molecule has 0 amide bonds. The lowest BCUT2D eigenvalue weighted by Gasteiger charge is -2.38. The van der Waals surface area contributed by atoms with Gasteiger partial charge in [-0.05, 0) is 37.1 Å². The minimum atomic E-state index is -0.325. The Balaban J connectivity index is 1.68. The first kappa shape index (κ1) is 14.0. The molecule has 2 aliphatic heterocycles. The SMILES string of the molecule is COc1cc(NC2CCOC3(CCSC3)C2)ccc1F. The van der Waals surface area contributed by atoms with Crippen molar-refractivity contribution in [2.24, 2.45) is 0 Å². The third-order valence-corrected chi connectivity index (χ3v) is 5.31. The summed E-state index contributed by atoms with van der Waals surface area (Å²) in [6.45, 7) is 0.802. The van der Waals surface area contributed by atoms with E-state index in [0.29, 0.717) is 6.04 Å². The van der Waals surface area contributed by atoms with Crippen molar-refractivity contribution < 1.29 is 13.9 Å². The van der Waals surface area contributed by atoms with E-state index < -0.39 is 0 Å². The van der Waals surface area contributed by atoms with Crippen LogP contribution in [0.25, 0.3) is 0 Å². The highest BCUT2D eigenvalue weighted by atomic mass is 32.2. The van der Waals surface area contributed by atoms with Crippen molar-refractivity contribution in [2.75, 3.05) is 30.5 Å². The van der Waals surface area contributed by atoms with Gasteiger partial charge in [-0.25, -0.2) is 4.39 Å². The van der Waals surface area contributed by atoms with Crippen molar-refractivity contribution in [3.63, 3.8) is 0 Å². The number of methoxy groups -OCH3 is 1. The van der Waals surface area contributed by atoms with Crippen molar-refractivity contribution >= 4 is 17.4 Å². The standard InChI is InChI=1S/C15H20FNO2S/c1-18-14-8-11(2-3-13(14)16)17-12-4-6-19-15(9-12)5-7-20-10-15/h2-3,8,12,17H,4-7,9-10H2,1H3. The Bertz CT molecular complexity index is 477. The summed E-state index contributed by atoms with van der Waals surface area (Å²) in [6, 6.07) is 5.32. The number of rotatable bonds is 3. The number of thioether (sulfide) groups is 1. The lowest BCUT2D eigenvalue weighted by molar-refractivity contribution is -0.0628. The fraction of sp³-hybridized carbons (Fsp3) is 0.600. The van der Waals surface area contributed by atoms with Crippen LogP contribution in [0.2, 0.25) is 0 Å². The molecule has 2 unspecified atom stereocenters. The molecule has 0 aliphatic carbocycles. The molecular formula is C15H20FNO2S. The van der Waals surface area contributed by atoms with Crippen LogP contribution in [0.5, 0.6) is 5.75 Å². The molecule has 1 spiro atoms. The van der Waals surface area contributed by atoms with Gasteiger partial charge in [0.2, 0.25) is 0 Å². The third kappa shape index (κ3) is 2.88. The molecule has 0 radical (unpaired) electrons. The van der Waals surface area contributed by atoms with Crippen LogP contribution in [0, 0.1) is 5.82 Å². The molecule has 1 N–H and O–H groups in total. The number of halogens is 1. The fourth-order valence-electron chi connectivity index (χ4n) is 3.00. The van der Waals surface area contributed by atoms with E-state index >= 15 is 0 Å². The second-order valence-corrected chi connectivity index (χ2v) is 6.62. The lowest BCUT2D eigenvalue weighted by atomic mass is 9.90. The maximum atomic E-state index is 13.4. The Hall–Kier alpha value is -0.940. The predicted molar refractivity (Wildman–Crippen MR) is 80.2 cm³/mol. The number of hydrogen-bond acceptors (Lipinski definition) is 4. The number of anilines is 1. The molecule has 2 heterocycles. The summed E-state index contributed by atoms with van der Waals surface area (Å²) in [5.74, 6) is 2.25. The quantitative estimate of drug-likeness (QED) is 0.927. The normalized spacial score (nSPS) is 29.6. The molecule has 1 aromatic carbocycles. The fourth-order valence-corrected chi connectivity index (χ4v) is 4.38. The molecule has 3 nitrogen and oxygen atoms in total. The maximum absolute atomic E-state index is 13.4. The number of nitrogens with one attached hydrogen (secondary N) is 1. The van der Waals surface area contributed by atoms with Crippen LogP contribution >= 0.6 is 11.8 Å². The summed E-state index contributed by atoms with van der Waals surface area (Å²) < 4.78 is 24.5. The van der Waals surface area contributed by atoms with Crippen LogP contribution in [0.3, 0.4) is 0 Å². The zero-order chi connectivity index (χ0) is 14.0. The number of ether oxygens (including phenoxy) is 2. The number of benzene rings is 1. The monoisotopic (exact) mass is 297 g/mol. The van der Waals surface area contributed by atoms with Gasteiger partial charge < -0.3 is 14.8 Å². The van der Waals surface area contributed by atoms with Crippen LogP contribution in [0.4, 0.5) is 10.1 Å². The van der Waals surface area contributed by atoms with Crippen molar-refractivity contribution in [1.82, 2.24) is 0 Å². The molecule has 0 saturated carbocycles. The minimum absolute atomic E-state index is 0.0602. The van der Waals surface area contributed by atoms with Gasteiger partial charge in [0, 0.05) is 30.2 Å². The van der Waals surface area contributed by atoms with Crippen molar-refractivity contribution in [1.29, 1.82) is 0 Å². The van der Waals surface area contributed by atoms with Gasteiger partial charge in [-0.1, -0.05) is 0 Å². The van der Waals surface area contributed by atoms with Gasteiger partial charge in [0.15, 0.2) is 11.6 Å². The van der Waals surface area contributed by atoms with Crippen molar-refractivity contribution in [2.45, 2.75) is 30.9 Å². The summed E-state index contributed by atoms with van der Waals surface area (Å²) in [7, 11) is 1.49. The Kier molecular flexibility index (Phi) is 4.08. The summed E-state index contributed by atoms with van der Waals surface area (Å²) in [6.07, 6.45) is 3.16. The Morgan fingerprint density at radius 1 is 1.50 bits per heavy atom. The van der Waals surface area contributed by atoms with E-state index in [-0.39, 0.29) is 17.2 Å². The highest BCUT2D eigenvalue weighted by Gasteiger charge is 2.40. The topological polar surface area (TPSA) is 30.5 Å². The van der Waals surface area contributed by atoms with Gasteiger partial charge in [-0.2, -0.15) is 11.8 Å². The Morgan fingerprint density at radius 2 is 2.40 bits per heavy atom. The molecule has 20 heavy (non-hydrogen) atoms. The second kappa shape index (κ2) is 5.82. The van der Waals surface area contributed by atoms with Gasteiger partial charge >= 0.3 is 0 Å². The van der Waals surface area contributed by atoms with E-state index in [1.807, 2.05) is 11.8 Å². The molecule has 110 valence electrons. The van der Waals surface area contributed by atoms with E-state index in [1.165, 1.54) is 18.9 Å². The van der Waals surface area contributed by atoms with E-state index in [4.69, 9.17) is 9.47 Å². The van der Waals surface area contributed by atoms with Gasteiger partial charge in [0.05, 0.1) is 12.7 Å². The average Bonchev–Trinajstić information content (AvgIpc) is 2.89. The maximum Gasteiger partial charge on any atom is 0.165 e. The minimum Gasteiger partial charge on any atom is -0.494 e. The average molecular weight is 297 g/mol. The van der Waals surface area contributed by atoms with Gasteiger partial charge in [0.1, 0.15) is 0 Å². The van der Waals surface area contributed by atoms with Gasteiger partial charge in [0.25, 0.3) is 0 Å². The van der Waals surface area contributed by atoms with Crippen LogP contribution in [-0.2, 0) is 4.74 Å². The van der Waals surface area contributed by atoms with Gasteiger partial charge in [-0.3, -0.25) is 0 Å². The molecule has 3 rings (SSSR count). The van der Waals surface area contributed by atoms with E-state index in [1.54, 1.807) is 12.1 Å². The van der Waals surface area contributed by atoms with Gasteiger partial charge in [-0.15, -0.1) is 0 Å². The van der Waals surface area contributed by atoms with Crippen molar-refractivity contribution in [3.05, 3.63) is 24.0 Å². The third-order valence-electron chi connectivity index (χ3n) is 4.08. The smallest absolute Gasteiger partial charge is 0.165 e. The number of hydrogen-bond donors (Lipinski definition) is 1. The summed E-state index contributed by atoms with van der Waals surface area (Å²) in [5.41, 5.74) is 0.973. The summed E-state index contributed by atoms with van der Waals surface area (Å²) in [5, 5.41) is 3.50. The first-order valence-corrected chi connectivity index (χ1v) is 8.18. The molecular weight excluding hydrogens is 277 g/mol. The van der Waals surface area contributed by atoms with Crippen LogP contribution < -0.4 is 10.1 Å². The summed E-state index contributed by atoms with van der Waals surface area (Å²) >= 11 is 1.97. The van der Waals surface area contributed by atoms with E-state index in [9.17, 15) is 4.39 Å². The van der Waals surface area contributed by atoms with Crippen LogP contribution in [-0.4, -0.2) is 36.9 Å². The molecule has 2 fully saturated rings. The largest absolute Gasteiger partial charge is 0.494 e. The molecule has 5 heteroatoms. The van der Waals surface area contributed by atoms with Crippen LogP contribution in [0.1, 0.15) is 19.3 Å². The van der Waals surface area contributed by atoms with E-state index in [0.717, 1.165) is 37.3 Å². The van der Waals surface area contributed by atoms with Crippen molar-refractivity contribution in [3.8, 4) is 5.75 Å². The zero-order valence-corrected chi connectivity index (χ0v) is 12.5. The molecule has 0 aromatic heterocycles. The second-order valence-electron chi connectivity index (χ2n) is 5.52.